The minimum Gasteiger partial charge on any atom is -0.322 e. The lowest BCUT2D eigenvalue weighted by molar-refractivity contribution is 0.102. The lowest BCUT2D eigenvalue weighted by atomic mass is 10.2. The first kappa shape index (κ1) is 14.4. The Morgan fingerprint density at radius 2 is 1.89 bits per heavy atom. The van der Waals surface area contributed by atoms with Crippen molar-refractivity contribution < 1.29 is 9.18 Å². The maximum Gasteiger partial charge on any atom is 0.255 e. The van der Waals surface area contributed by atoms with E-state index in [9.17, 15) is 9.18 Å². The second-order valence-corrected chi connectivity index (χ2v) is 3.73. The Balaban J connectivity index is 0.00000162. The topological polar surface area (TPSA) is 42.0 Å². The van der Waals surface area contributed by atoms with Crippen LogP contribution in [0, 0.1) is 5.82 Å². The number of benzene rings is 1. The Labute approximate surface area is 114 Å². The number of halogens is 3. The zero-order valence-corrected chi connectivity index (χ0v) is 10.6. The summed E-state index contributed by atoms with van der Waals surface area (Å²) in [6, 6.07) is 7.17. The van der Waals surface area contributed by atoms with Crippen molar-refractivity contribution >= 4 is 35.6 Å². The summed E-state index contributed by atoms with van der Waals surface area (Å²) < 4.78 is 12.9. The fourth-order valence-electron chi connectivity index (χ4n) is 1.28. The molecule has 0 spiro atoms. The van der Waals surface area contributed by atoms with Gasteiger partial charge in [0.05, 0.1) is 5.02 Å². The summed E-state index contributed by atoms with van der Waals surface area (Å²) in [4.78, 5) is 15.5. The van der Waals surface area contributed by atoms with E-state index in [2.05, 4.69) is 10.3 Å². The molecule has 2 rings (SSSR count). The summed E-state index contributed by atoms with van der Waals surface area (Å²) >= 11 is 5.61. The van der Waals surface area contributed by atoms with E-state index in [4.69, 9.17) is 11.6 Å². The van der Waals surface area contributed by atoms with Crippen molar-refractivity contribution in [2.45, 2.75) is 0 Å². The van der Waals surface area contributed by atoms with Crippen LogP contribution in [0.2, 0.25) is 5.02 Å². The molecule has 0 fully saturated rings. The lowest BCUT2D eigenvalue weighted by Gasteiger charge is -2.05. The number of carbonyl (C=O) groups excluding carboxylic acids is 1. The molecule has 0 aliphatic heterocycles. The van der Waals surface area contributed by atoms with Gasteiger partial charge in [-0.2, -0.15) is 0 Å². The second kappa shape index (κ2) is 6.33. The molecule has 0 aliphatic carbocycles. The third-order valence-corrected chi connectivity index (χ3v) is 2.41. The number of pyridine rings is 1. The molecule has 18 heavy (non-hydrogen) atoms. The highest BCUT2D eigenvalue weighted by molar-refractivity contribution is 6.31. The number of nitrogens with one attached hydrogen (secondary N) is 1. The average Bonchev–Trinajstić information content (AvgIpc) is 2.35. The molecule has 94 valence electrons. The van der Waals surface area contributed by atoms with Crippen LogP contribution in [0.3, 0.4) is 0 Å². The molecule has 0 saturated carbocycles. The summed E-state index contributed by atoms with van der Waals surface area (Å²) in [5.41, 5.74) is 0.915. The van der Waals surface area contributed by atoms with Crippen LogP contribution in [0.1, 0.15) is 10.4 Å². The minimum atomic E-state index is -0.520. The van der Waals surface area contributed by atoms with Gasteiger partial charge in [0.2, 0.25) is 0 Å². The Morgan fingerprint density at radius 1 is 1.22 bits per heavy atom. The first-order valence-electron chi connectivity index (χ1n) is 4.83. The summed E-state index contributed by atoms with van der Waals surface area (Å²) in [6.45, 7) is 0. The number of aromatic nitrogens is 1. The van der Waals surface area contributed by atoms with E-state index < -0.39 is 5.82 Å². The quantitative estimate of drug-likeness (QED) is 0.917. The normalized spacial score (nSPS) is 9.44. The molecule has 1 heterocycles. The molecule has 1 aromatic heterocycles. The van der Waals surface area contributed by atoms with Gasteiger partial charge >= 0.3 is 0 Å². The predicted octanol–water partition coefficient (Wildman–Crippen LogP) is 3.55. The van der Waals surface area contributed by atoms with Crippen LogP contribution in [-0.4, -0.2) is 10.9 Å². The maximum atomic E-state index is 12.9. The minimum absolute atomic E-state index is 0. The molecule has 0 radical (unpaired) electrons. The van der Waals surface area contributed by atoms with Crippen molar-refractivity contribution in [3.8, 4) is 0 Å². The number of carbonyl (C=O) groups is 1. The predicted molar refractivity (Wildman–Crippen MR) is 70.8 cm³/mol. The molecule has 0 saturated heterocycles. The van der Waals surface area contributed by atoms with E-state index in [1.807, 2.05) is 0 Å². The first-order chi connectivity index (χ1) is 8.16. The molecule has 6 heteroatoms. The van der Waals surface area contributed by atoms with Crippen LogP contribution in [0.4, 0.5) is 10.1 Å². The molecule has 1 N–H and O–H groups in total. The highest BCUT2D eigenvalue weighted by Crippen LogP contribution is 2.19. The molecular weight excluding hydrogens is 278 g/mol. The number of amides is 1. The third kappa shape index (κ3) is 3.42. The van der Waals surface area contributed by atoms with Crippen molar-refractivity contribution in [2.24, 2.45) is 0 Å². The average molecular weight is 287 g/mol. The molecule has 0 aliphatic rings. The van der Waals surface area contributed by atoms with Gasteiger partial charge in [0.15, 0.2) is 0 Å². The van der Waals surface area contributed by atoms with E-state index in [0.29, 0.717) is 11.3 Å². The summed E-state index contributed by atoms with van der Waals surface area (Å²) in [6.07, 6.45) is 3.04. The fraction of sp³-hybridized carbons (Fsp3) is 0. The Hall–Kier alpha value is -1.65. The SMILES string of the molecule is Cl.O=C(Nc1ccc(F)c(Cl)c1)c1ccncc1. The van der Waals surface area contributed by atoms with Gasteiger partial charge in [-0.3, -0.25) is 9.78 Å². The molecular formula is C12H9Cl2FN2O. The van der Waals surface area contributed by atoms with E-state index in [-0.39, 0.29) is 23.3 Å². The van der Waals surface area contributed by atoms with Gasteiger partial charge in [-0.25, -0.2) is 4.39 Å². The van der Waals surface area contributed by atoms with Gasteiger partial charge in [0.25, 0.3) is 5.91 Å². The van der Waals surface area contributed by atoms with Gasteiger partial charge in [-0.05, 0) is 30.3 Å². The highest BCUT2D eigenvalue weighted by Gasteiger charge is 2.06. The second-order valence-electron chi connectivity index (χ2n) is 3.32. The zero-order chi connectivity index (χ0) is 12.3. The van der Waals surface area contributed by atoms with Crippen LogP contribution in [0.5, 0.6) is 0 Å². The Morgan fingerprint density at radius 3 is 2.50 bits per heavy atom. The molecule has 1 amide bonds. The summed E-state index contributed by atoms with van der Waals surface area (Å²) in [7, 11) is 0. The smallest absolute Gasteiger partial charge is 0.255 e. The van der Waals surface area contributed by atoms with Crippen LogP contribution < -0.4 is 5.32 Å². The largest absolute Gasteiger partial charge is 0.322 e. The van der Waals surface area contributed by atoms with E-state index in [0.717, 1.165) is 0 Å². The van der Waals surface area contributed by atoms with Crippen LogP contribution in [0.15, 0.2) is 42.7 Å². The van der Waals surface area contributed by atoms with Crippen molar-refractivity contribution in [2.75, 3.05) is 5.32 Å². The van der Waals surface area contributed by atoms with Gasteiger partial charge in [-0.15, -0.1) is 12.4 Å². The van der Waals surface area contributed by atoms with Gasteiger partial charge in [-0.1, -0.05) is 11.6 Å². The van der Waals surface area contributed by atoms with Crippen LogP contribution in [-0.2, 0) is 0 Å². The van der Waals surface area contributed by atoms with Gasteiger partial charge in [0, 0.05) is 23.6 Å². The van der Waals surface area contributed by atoms with Crippen LogP contribution >= 0.6 is 24.0 Å². The molecule has 0 unspecified atom stereocenters. The number of hydrogen-bond acceptors (Lipinski definition) is 2. The van der Waals surface area contributed by atoms with Crippen molar-refractivity contribution in [1.29, 1.82) is 0 Å². The van der Waals surface area contributed by atoms with Gasteiger partial charge in [0.1, 0.15) is 5.82 Å². The number of anilines is 1. The van der Waals surface area contributed by atoms with E-state index in [1.54, 1.807) is 12.1 Å². The lowest BCUT2D eigenvalue weighted by Crippen LogP contribution is -2.11. The third-order valence-electron chi connectivity index (χ3n) is 2.12. The zero-order valence-electron chi connectivity index (χ0n) is 9.06. The number of rotatable bonds is 2. The van der Waals surface area contributed by atoms with Crippen molar-refractivity contribution in [1.82, 2.24) is 4.98 Å². The Kier molecular flexibility index (Phi) is 5.07. The summed E-state index contributed by atoms with van der Waals surface area (Å²) in [5.74, 6) is -0.816. The van der Waals surface area contributed by atoms with E-state index in [1.165, 1.54) is 30.6 Å². The molecule has 2 aromatic rings. The highest BCUT2D eigenvalue weighted by atomic mass is 35.5. The number of hydrogen-bond donors (Lipinski definition) is 1. The molecule has 0 bridgehead atoms. The number of nitrogens with zero attached hydrogens (tertiary/aromatic N) is 1. The van der Waals surface area contributed by atoms with E-state index >= 15 is 0 Å². The van der Waals surface area contributed by atoms with Crippen molar-refractivity contribution in [3.63, 3.8) is 0 Å². The summed E-state index contributed by atoms with van der Waals surface area (Å²) in [5, 5.41) is 2.58. The van der Waals surface area contributed by atoms with Crippen molar-refractivity contribution in [3.05, 3.63) is 59.1 Å². The molecule has 0 atom stereocenters. The maximum absolute atomic E-state index is 12.9. The Bertz CT molecular complexity index is 549. The standard InChI is InChI=1S/C12H8ClFN2O.ClH/c13-10-7-9(1-2-11(10)14)16-12(17)8-3-5-15-6-4-8;/h1-7H,(H,16,17);1H. The monoisotopic (exact) mass is 286 g/mol. The molecule has 1 aromatic carbocycles. The van der Waals surface area contributed by atoms with Crippen LogP contribution in [0.25, 0.3) is 0 Å². The fourth-order valence-corrected chi connectivity index (χ4v) is 1.46. The first-order valence-corrected chi connectivity index (χ1v) is 5.21. The molecule has 3 nitrogen and oxygen atoms in total. The van der Waals surface area contributed by atoms with Gasteiger partial charge < -0.3 is 5.32 Å².